The number of rotatable bonds is 3. The van der Waals surface area contributed by atoms with Crippen molar-refractivity contribution >= 4 is 5.91 Å². The Morgan fingerprint density at radius 2 is 2.33 bits per heavy atom. The van der Waals surface area contributed by atoms with Crippen LogP contribution >= 0.6 is 0 Å². The van der Waals surface area contributed by atoms with Crippen LogP contribution in [0.15, 0.2) is 16.8 Å². The largest absolute Gasteiger partial charge is 0.388 e. The van der Waals surface area contributed by atoms with Crippen molar-refractivity contribution in [2.24, 2.45) is 0 Å². The molecule has 82 valence electrons. The third-order valence-electron chi connectivity index (χ3n) is 2.77. The Balaban J connectivity index is 1.85. The smallest absolute Gasteiger partial charge is 0.289 e. The highest BCUT2D eigenvalue weighted by atomic mass is 16.5. The first-order valence-corrected chi connectivity index (χ1v) is 5.11. The average Bonchev–Trinajstić information content (AvgIpc) is 2.85. The maximum Gasteiger partial charge on any atom is 0.289 e. The molecule has 0 aliphatic heterocycles. The van der Waals surface area contributed by atoms with Crippen LogP contribution in [0.2, 0.25) is 0 Å². The van der Waals surface area contributed by atoms with Crippen molar-refractivity contribution in [2.75, 3.05) is 6.54 Å². The first kappa shape index (κ1) is 10.2. The van der Waals surface area contributed by atoms with Gasteiger partial charge in [-0.1, -0.05) is 18.0 Å². The zero-order valence-electron chi connectivity index (χ0n) is 8.40. The summed E-state index contributed by atoms with van der Waals surface area (Å²) in [5, 5.41) is 16.1. The molecule has 0 radical (unpaired) electrons. The van der Waals surface area contributed by atoms with Gasteiger partial charge in [0, 0.05) is 12.6 Å². The number of amides is 1. The third-order valence-corrected chi connectivity index (χ3v) is 2.77. The average molecular weight is 210 g/mol. The van der Waals surface area contributed by atoms with Gasteiger partial charge >= 0.3 is 0 Å². The van der Waals surface area contributed by atoms with E-state index in [9.17, 15) is 9.90 Å². The Morgan fingerprint density at radius 1 is 1.60 bits per heavy atom. The van der Waals surface area contributed by atoms with Crippen LogP contribution in [0.4, 0.5) is 0 Å². The molecule has 15 heavy (non-hydrogen) atoms. The molecule has 0 atom stereocenters. The fourth-order valence-electron chi connectivity index (χ4n) is 1.87. The molecular formula is C10H14N2O3. The summed E-state index contributed by atoms with van der Waals surface area (Å²) < 4.78 is 4.70. The topological polar surface area (TPSA) is 75.4 Å². The lowest BCUT2D eigenvalue weighted by Crippen LogP contribution is -2.40. The normalized spacial score (nSPS) is 19.0. The zero-order valence-corrected chi connectivity index (χ0v) is 8.40. The summed E-state index contributed by atoms with van der Waals surface area (Å²) in [6.07, 6.45) is 4.97. The van der Waals surface area contributed by atoms with Gasteiger partial charge in [-0.15, -0.1) is 0 Å². The fourth-order valence-corrected chi connectivity index (χ4v) is 1.87. The predicted molar refractivity (Wildman–Crippen MR) is 52.3 cm³/mol. The van der Waals surface area contributed by atoms with Crippen molar-refractivity contribution in [2.45, 2.75) is 31.3 Å². The van der Waals surface area contributed by atoms with Gasteiger partial charge in [-0.25, -0.2) is 0 Å². The molecule has 1 heterocycles. The molecule has 0 bridgehead atoms. The van der Waals surface area contributed by atoms with E-state index in [1.54, 1.807) is 0 Å². The fraction of sp³-hybridized carbons (Fsp3) is 0.600. The van der Waals surface area contributed by atoms with Crippen molar-refractivity contribution in [3.05, 3.63) is 18.0 Å². The van der Waals surface area contributed by atoms with Crippen molar-refractivity contribution in [3.8, 4) is 0 Å². The minimum atomic E-state index is -0.727. The number of nitrogens with one attached hydrogen (secondary N) is 1. The Bertz CT molecular complexity index is 328. The molecule has 2 N–H and O–H groups in total. The van der Waals surface area contributed by atoms with E-state index in [-0.39, 0.29) is 18.2 Å². The van der Waals surface area contributed by atoms with E-state index in [1.165, 1.54) is 12.3 Å². The molecule has 2 rings (SSSR count). The van der Waals surface area contributed by atoms with Crippen LogP contribution in [0, 0.1) is 0 Å². The number of hydrogen-bond acceptors (Lipinski definition) is 4. The Kier molecular flexibility index (Phi) is 2.73. The predicted octanol–water partition coefficient (Wildman–Crippen LogP) is 0.709. The number of hydrogen-bond donors (Lipinski definition) is 2. The summed E-state index contributed by atoms with van der Waals surface area (Å²) >= 11 is 0. The molecule has 1 aliphatic rings. The minimum Gasteiger partial charge on any atom is -0.388 e. The van der Waals surface area contributed by atoms with Crippen LogP contribution in [0.1, 0.15) is 36.2 Å². The number of aromatic nitrogens is 1. The SMILES string of the molecule is O=C(NCC1(O)CCCC1)c1ccno1. The summed E-state index contributed by atoms with van der Waals surface area (Å²) in [5.41, 5.74) is -0.727. The van der Waals surface area contributed by atoms with Gasteiger partial charge in [0.2, 0.25) is 5.76 Å². The number of aliphatic hydroxyl groups is 1. The molecule has 1 aromatic heterocycles. The molecule has 1 amide bonds. The lowest BCUT2D eigenvalue weighted by atomic mass is 10.0. The highest BCUT2D eigenvalue weighted by Gasteiger charge is 2.31. The summed E-state index contributed by atoms with van der Waals surface area (Å²) in [6, 6.07) is 1.49. The van der Waals surface area contributed by atoms with E-state index in [0.717, 1.165) is 25.7 Å². The first-order valence-electron chi connectivity index (χ1n) is 5.11. The molecule has 0 aromatic carbocycles. The number of carbonyl (C=O) groups is 1. The van der Waals surface area contributed by atoms with E-state index in [1.807, 2.05) is 0 Å². The third kappa shape index (κ3) is 2.36. The van der Waals surface area contributed by atoms with Crippen LogP contribution in [0.25, 0.3) is 0 Å². The molecular weight excluding hydrogens is 196 g/mol. The molecule has 0 saturated heterocycles. The number of carbonyl (C=O) groups excluding carboxylic acids is 1. The quantitative estimate of drug-likeness (QED) is 0.770. The van der Waals surface area contributed by atoms with E-state index in [2.05, 4.69) is 10.5 Å². The molecule has 1 aliphatic carbocycles. The van der Waals surface area contributed by atoms with Gasteiger partial charge in [-0.3, -0.25) is 4.79 Å². The van der Waals surface area contributed by atoms with Gasteiger partial charge in [-0.2, -0.15) is 0 Å². The van der Waals surface area contributed by atoms with Gasteiger partial charge < -0.3 is 14.9 Å². The summed E-state index contributed by atoms with van der Waals surface area (Å²) in [5.74, 6) is -0.149. The van der Waals surface area contributed by atoms with Gasteiger partial charge in [0.15, 0.2) is 0 Å². The highest BCUT2D eigenvalue weighted by Crippen LogP contribution is 2.28. The van der Waals surface area contributed by atoms with Crippen LogP contribution in [-0.2, 0) is 0 Å². The lowest BCUT2D eigenvalue weighted by molar-refractivity contribution is 0.0442. The second kappa shape index (κ2) is 4.02. The molecule has 0 spiro atoms. The molecule has 1 aromatic rings. The van der Waals surface area contributed by atoms with Crippen molar-refractivity contribution in [1.82, 2.24) is 10.5 Å². The minimum absolute atomic E-state index is 0.177. The second-order valence-corrected chi connectivity index (χ2v) is 3.99. The maximum atomic E-state index is 11.4. The van der Waals surface area contributed by atoms with Gasteiger partial charge in [0.25, 0.3) is 5.91 Å². The van der Waals surface area contributed by atoms with E-state index >= 15 is 0 Å². The first-order chi connectivity index (χ1) is 7.20. The van der Waals surface area contributed by atoms with Crippen molar-refractivity contribution in [1.29, 1.82) is 0 Å². The number of nitrogens with zero attached hydrogens (tertiary/aromatic N) is 1. The molecule has 5 heteroatoms. The van der Waals surface area contributed by atoms with Crippen LogP contribution in [-0.4, -0.2) is 28.3 Å². The van der Waals surface area contributed by atoms with Gasteiger partial charge in [0.05, 0.1) is 11.8 Å². The lowest BCUT2D eigenvalue weighted by Gasteiger charge is -2.21. The molecule has 1 fully saturated rings. The molecule has 1 saturated carbocycles. The van der Waals surface area contributed by atoms with Crippen molar-refractivity contribution in [3.63, 3.8) is 0 Å². The Labute approximate surface area is 87.5 Å². The summed E-state index contributed by atoms with van der Waals surface area (Å²) in [4.78, 5) is 11.4. The second-order valence-electron chi connectivity index (χ2n) is 3.99. The molecule has 5 nitrogen and oxygen atoms in total. The summed E-state index contributed by atoms with van der Waals surface area (Å²) in [6.45, 7) is 0.284. The van der Waals surface area contributed by atoms with Crippen molar-refractivity contribution < 1.29 is 14.4 Å². The van der Waals surface area contributed by atoms with Crippen LogP contribution in [0.3, 0.4) is 0 Å². The zero-order chi connectivity index (χ0) is 10.7. The maximum absolute atomic E-state index is 11.4. The standard InChI is InChI=1S/C10H14N2O3/c13-9(8-3-6-12-15-8)11-7-10(14)4-1-2-5-10/h3,6,14H,1-2,4-5,7H2,(H,11,13). The monoisotopic (exact) mass is 210 g/mol. The van der Waals surface area contributed by atoms with Gasteiger partial charge in [0.1, 0.15) is 0 Å². The molecule has 0 unspecified atom stereocenters. The van der Waals surface area contributed by atoms with Crippen LogP contribution in [0.5, 0.6) is 0 Å². The highest BCUT2D eigenvalue weighted by molar-refractivity contribution is 5.91. The Morgan fingerprint density at radius 3 is 2.93 bits per heavy atom. The van der Waals surface area contributed by atoms with Gasteiger partial charge in [-0.05, 0) is 12.8 Å². The van der Waals surface area contributed by atoms with E-state index < -0.39 is 5.60 Å². The van der Waals surface area contributed by atoms with E-state index in [4.69, 9.17) is 4.52 Å². The Hall–Kier alpha value is -1.36. The van der Waals surface area contributed by atoms with Crippen LogP contribution < -0.4 is 5.32 Å². The van der Waals surface area contributed by atoms with E-state index in [0.29, 0.717) is 0 Å². The summed E-state index contributed by atoms with van der Waals surface area (Å²) in [7, 11) is 0.